The van der Waals surface area contributed by atoms with E-state index in [4.69, 9.17) is 0 Å². The first-order chi connectivity index (χ1) is 54.8. The number of hydrogen-bond acceptors (Lipinski definition) is 4. The van der Waals surface area contributed by atoms with E-state index in [1.165, 1.54) is 64.3 Å². The molecule has 21 rings (SSSR count). The topological polar surface area (TPSA) is 40.1 Å². The van der Waals surface area contributed by atoms with Crippen molar-refractivity contribution >= 4 is 109 Å². The smallest absolute Gasteiger partial charge is 0.0991 e. The van der Waals surface area contributed by atoms with Crippen molar-refractivity contribution in [2.24, 2.45) is 0 Å². The minimum Gasteiger partial charge on any atom is -0.309 e. The van der Waals surface area contributed by atoms with Gasteiger partial charge < -0.3 is 18.9 Å². The Morgan fingerprint density at radius 2 is 0.786 bits per heavy atom. The van der Waals surface area contributed by atoms with Crippen molar-refractivity contribution in [3.05, 3.63) is 385 Å². The Bertz CT molecular complexity index is 7050. The van der Waals surface area contributed by atoms with E-state index in [0.717, 1.165) is 140 Å². The number of benzene rings is 16. The molecule has 3 aromatic heterocycles. The highest BCUT2D eigenvalue weighted by Gasteiger charge is 2.44. The van der Waals surface area contributed by atoms with E-state index in [1.54, 1.807) is 0 Å². The Hall–Kier alpha value is -13.6. The zero-order valence-electron chi connectivity index (χ0n) is 63.2. The van der Waals surface area contributed by atoms with E-state index in [9.17, 15) is 5.26 Å². The summed E-state index contributed by atoms with van der Waals surface area (Å²) in [6.45, 7) is 13.9. The minimum atomic E-state index is -0.308. The summed E-state index contributed by atoms with van der Waals surface area (Å²) < 4.78 is 7.54. The monoisotopic (exact) mass is 1450 g/mol. The molecule has 0 amide bonds. The Balaban J connectivity index is 0.935. The maximum atomic E-state index is 10.8. The molecule has 112 heavy (non-hydrogen) atoms. The van der Waals surface area contributed by atoms with Crippen molar-refractivity contribution in [2.75, 3.05) is 9.80 Å². The highest BCUT2D eigenvalue weighted by Crippen LogP contribution is 2.64. The van der Waals surface area contributed by atoms with Gasteiger partial charge in [-0.15, -0.1) is 11.3 Å². The second kappa shape index (κ2) is 25.8. The fourth-order valence-corrected chi connectivity index (χ4v) is 19.5. The molecule has 6 heteroatoms. The number of aromatic nitrogens is 2. The van der Waals surface area contributed by atoms with Gasteiger partial charge in [0.15, 0.2) is 0 Å². The lowest BCUT2D eigenvalue weighted by Gasteiger charge is -2.46. The molecule has 0 N–H and O–H groups in total. The van der Waals surface area contributed by atoms with Crippen LogP contribution in [0.4, 0.5) is 34.1 Å². The van der Waals surface area contributed by atoms with E-state index in [1.807, 2.05) is 17.4 Å². The molecule has 2 aliphatic rings. The lowest BCUT2D eigenvalue weighted by molar-refractivity contribution is 0.590. The van der Waals surface area contributed by atoms with Gasteiger partial charge in [0.1, 0.15) is 0 Å². The van der Waals surface area contributed by atoms with Crippen LogP contribution in [-0.4, -0.2) is 9.13 Å². The molecular weight excluding hydrogens is 1380 g/mol. The third-order valence-electron chi connectivity index (χ3n) is 23.6. The van der Waals surface area contributed by atoms with E-state index in [2.05, 4.69) is 412 Å². The van der Waals surface area contributed by atoms with Crippen LogP contribution in [0.5, 0.6) is 0 Å². The van der Waals surface area contributed by atoms with Crippen LogP contribution >= 0.6 is 11.3 Å². The van der Waals surface area contributed by atoms with Crippen LogP contribution in [0.1, 0.15) is 80.8 Å². The lowest BCUT2D eigenvalue weighted by atomic mass is 9.74. The molecule has 532 valence electrons. The number of thiophene rings is 1. The molecule has 0 saturated carbocycles. The van der Waals surface area contributed by atoms with Gasteiger partial charge in [-0.3, -0.25) is 0 Å². The van der Waals surface area contributed by atoms with Gasteiger partial charge in [0.05, 0.1) is 79.2 Å². The van der Waals surface area contributed by atoms with Gasteiger partial charge in [0.25, 0.3) is 0 Å². The fourth-order valence-electron chi connectivity index (χ4n) is 18.3. The summed E-state index contributed by atoms with van der Waals surface area (Å²) in [5.74, 6) is -0.308. The molecule has 0 aliphatic carbocycles. The quantitative estimate of drug-likeness (QED) is 0.137. The van der Waals surface area contributed by atoms with Gasteiger partial charge in [-0.05, 0) is 187 Å². The van der Waals surface area contributed by atoms with Gasteiger partial charge in [-0.1, -0.05) is 284 Å². The molecule has 19 aromatic rings. The van der Waals surface area contributed by atoms with Crippen molar-refractivity contribution in [3.8, 4) is 84.2 Å². The summed E-state index contributed by atoms with van der Waals surface area (Å²) in [6.07, 6.45) is 0. The molecule has 1 atom stereocenters. The average molecular weight is 1450 g/mol. The Labute approximate surface area is 656 Å². The molecule has 0 spiro atoms. The van der Waals surface area contributed by atoms with Crippen LogP contribution in [0.25, 0.3) is 142 Å². The van der Waals surface area contributed by atoms with Crippen LogP contribution in [0.2, 0.25) is 0 Å². The van der Waals surface area contributed by atoms with E-state index >= 15 is 0 Å². The van der Waals surface area contributed by atoms with Gasteiger partial charge >= 0.3 is 0 Å². The Morgan fingerprint density at radius 3 is 1.43 bits per heavy atom. The van der Waals surface area contributed by atoms with Crippen LogP contribution in [-0.2, 0) is 10.8 Å². The molecule has 5 nitrogen and oxygen atoms in total. The van der Waals surface area contributed by atoms with Crippen molar-refractivity contribution in [1.29, 1.82) is 5.26 Å². The highest BCUT2D eigenvalue weighted by atomic mass is 32.1. The summed E-state index contributed by atoms with van der Waals surface area (Å²) in [7, 11) is 0. The number of hydrogen-bond donors (Lipinski definition) is 0. The maximum Gasteiger partial charge on any atom is 0.0991 e. The summed E-state index contributed by atoms with van der Waals surface area (Å²) in [5.41, 5.74) is 32.9. The second-order valence-corrected chi connectivity index (χ2v) is 33.3. The molecule has 1 unspecified atom stereocenters. The predicted molar refractivity (Wildman–Crippen MR) is 473 cm³/mol. The van der Waals surface area contributed by atoms with Gasteiger partial charge in [0.2, 0.25) is 0 Å². The molecule has 16 aromatic carbocycles. The molecule has 0 saturated heterocycles. The number of para-hydroxylation sites is 2. The summed E-state index contributed by atoms with van der Waals surface area (Å²) in [5, 5.41) is 17.9. The first-order valence-corrected chi connectivity index (χ1v) is 39.7. The summed E-state index contributed by atoms with van der Waals surface area (Å²) in [4.78, 5) is 5.28. The van der Waals surface area contributed by atoms with E-state index in [0.29, 0.717) is 5.56 Å². The standard InChI is InChI=1S/C106H77N5S/c1-105(2,3)74-49-55-92(85(61-74)70-33-17-10-18-34-70)111-97-60-73(101-80(82-40-25-39-81-79-37-21-24-44-100(79)112-104(81)82)38-26-43-96(101)109-89-41-22-19-35-77(89)78-36-20-23-42-90(78)109)46-51-83(97)102-88-59-72(68-29-13-8-14-30-68)48-54-95(88)110(91-53-47-71(67-27-11-7-12-28-67)58-84(91)69-31-15-9-16-32-69)98-63-76(64-99(111)103(98)102)108-93-52-45-66(65-107)57-86(93)87-62-75(106(4,5)6)50-56-94(87)108/h7-64,102H,1-6H3. The SMILES string of the molecule is CC(C)(C)c1ccc(N2c3cc(-c4c(-c5cccc6c5sc5ccccc56)cccc4-n4c5ccccc5c5ccccc54)ccc3C3c4cc(-c5ccccc5)ccc4N(c4ccc(-c5ccccc5)cc4-c4ccccc4)c4cc(-n5c6ccc(C#N)cc6c6cc(C(C)(C)C)ccc65)cc2c43)c(-c2ccccc2)c1. The lowest BCUT2D eigenvalue weighted by Crippen LogP contribution is -2.30. The zero-order chi connectivity index (χ0) is 75.3. The van der Waals surface area contributed by atoms with Crippen LogP contribution in [0.15, 0.2) is 352 Å². The zero-order valence-corrected chi connectivity index (χ0v) is 64.0. The highest BCUT2D eigenvalue weighted by molar-refractivity contribution is 7.26. The predicted octanol–water partition coefficient (Wildman–Crippen LogP) is 29.5. The summed E-state index contributed by atoms with van der Waals surface area (Å²) in [6, 6.07) is 135. The van der Waals surface area contributed by atoms with Gasteiger partial charge in [-0.25, -0.2) is 0 Å². The van der Waals surface area contributed by atoms with Gasteiger partial charge in [-0.2, -0.15) is 5.26 Å². The normalized spacial score (nSPS) is 13.3. The maximum absolute atomic E-state index is 10.8. The number of fused-ring (bicyclic) bond motifs is 13. The Morgan fingerprint density at radius 1 is 0.295 bits per heavy atom. The van der Waals surface area contributed by atoms with Crippen molar-refractivity contribution in [3.63, 3.8) is 0 Å². The van der Waals surface area contributed by atoms with Crippen molar-refractivity contribution < 1.29 is 0 Å². The van der Waals surface area contributed by atoms with Crippen molar-refractivity contribution in [2.45, 2.75) is 58.3 Å². The van der Waals surface area contributed by atoms with E-state index < -0.39 is 0 Å². The molecular formula is C106H77N5S. The van der Waals surface area contributed by atoms with Crippen LogP contribution < -0.4 is 9.80 Å². The molecule has 2 aliphatic heterocycles. The number of nitriles is 1. The number of rotatable bonds is 10. The third kappa shape index (κ3) is 10.6. The first-order valence-electron chi connectivity index (χ1n) is 38.9. The average Bonchev–Trinajstić information content (AvgIpc) is 0.716. The molecule has 0 fully saturated rings. The van der Waals surface area contributed by atoms with Gasteiger partial charge in [0, 0.05) is 75.5 Å². The molecule has 5 heterocycles. The van der Waals surface area contributed by atoms with Crippen LogP contribution in [0.3, 0.4) is 0 Å². The fraction of sp³-hybridized carbons (Fsp3) is 0.0849. The minimum absolute atomic E-state index is 0.149. The van der Waals surface area contributed by atoms with E-state index in [-0.39, 0.29) is 16.7 Å². The van der Waals surface area contributed by atoms with Crippen LogP contribution in [0, 0.1) is 11.3 Å². The van der Waals surface area contributed by atoms with Crippen molar-refractivity contribution in [1.82, 2.24) is 9.13 Å². The summed E-state index contributed by atoms with van der Waals surface area (Å²) >= 11 is 1.88. The molecule has 0 radical (unpaired) electrons. The molecule has 0 bridgehead atoms. The third-order valence-corrected chi connectivity index (χ3v) is 24.9. The number of anilines is 6. The second-order valence-electron chi connectivity index (χ2n) is 32.2. The Kier molecular flexibility index (Phi) is 15.3. The largest absolute Gasteiger partial charge is 0.309 e. The number of nitrogens with zero attached hydrogens (tertiary/aromatic N) is 5. The first kappa shape index (κ1) is 66.6.